The van der Waals surface area contributed by atoms with Crippen molar-refractivity contribution in [1.29, 1.82) is 0 Å². The van der Waals surface area contributed by atoms with Crippen molar-refractivity contribution in [3.63, 3.8) is 0 Å². The van der Waals surface area contributed by atoms with Crippen molar-refractivity contribution in [2.24, 2.45) is 5.92 Å². The maximum Gasteiger partial charge on any atom is 0.123 e. The summed E-state index contributed by atoms with van der Waals surface area (Å²) in [6, 6.07) is 4.60. The second-order valence-corrected chi connectivity index (χ2v) is 7.23. The molecule has 22 heavy (non-hydrogen) atoms. The number of methoxy groups -OCH3 is 1. The smallest absolute Gasteiger partial charge is 0.123 e. The number of likely N-dealkylation sites (tertiary alicyclic amines) is 1. The maximum absolute atomic E-state index is 10.5. The standard InChI is InChI=1S/C19H29NO2/c1-4-17-13-20(9-8-19(17,2)21)12-16-10-14-6-5-7-15(14)11-18(16)22-3/h10-11,17,21H,4-9,12-13H2,1-3H3/t17-,19+/m1/s1. The largest absolute Gasteiger partial charge is 0.496 e. The number of nitrogens with zero attached hydrogens (tertiary/aromatic N) is 1. The quantitative estimate of drug-likeness (QED) is 0.927. The van der Waals surface area contributed by atoms with Gasteiger partial charge in [-0.15, -0.1) is 0 Å². The van der Waals surface area contributed by atoms with Gasteiger partial charge in [-0.2, -0.15) is 0 Å². The molecule has 0 spiro atoms. The van der Waals surface area contributed by atoms with Crippen LogP contribution in [0, 0.1) is 5.92 Å². The van der Waals surface area contributed by atoms with Crippen molar-refractivity contribution < 1.29 is 9.84 Å². The van der Waals surface area contributed by atoms with Crippen LogP contribution in [-0.4, -0.2) is 35.8 Å². The van der Waals surface area contributed by atoms with E-state index in [0.717, 1.165) is 38.2 Å². The van der Waals surface area contributed by atoms with Crippen LogP contribution in [0.2, 0.25) is 0 Å². The van der Waals surface area contributed by atoms with E-state index in [1.165, 1.54) is 36.0 Å². The number of aryl methyl sites for hydroxylation is 2. The number of piperidine rings is 1. The Bertz CT molecular complexity index is 538. The van der Waals surface area contributed by atoms with Gasteiger partial charge in [0, 0.05) is 25.2 Å². The Labute approximate surface area is 134 Å². The summed E-state index contributed by atoms with van der Waals surface area (Å²) in [6.07, 6.45) is 5.56. The highest BCUT2D eigenvalue weighted by atomic mass is 16.5. The van der Waals surface area contributed by atoms with E-state index in [9.17, 15) is 5.11 Å². The summed E-state index contributed by atoms with van der Waals surface area (Å²) < 4.78 is 5.63. The van der Waals surface area contributed by atoms with Crippen molar-refractivity contribution in [3.8, 4) is 5.75 Å². The molecule has 122 valence electrons. The van der Waals surface area contributed by atoms with E-state index < -0.39 is 5.60 Å². The van der Waals surface area contributed by atoms with Crippen LogP contribution in [-0.2, 0) is 19.4 Å². The van der Waals surface area contributed by atoms with Gasteiger partial charge in [-0.25, -0.2) is 0 Å². The molecule has 2 atom stereocenters. The van der Waals surface area contributed by atoms with E-state index in [1.807, 2.05) is 6.92 Å². The molecule has 0 amide bonds. The van der Waals surface area contributed by atoms with Crippen LogP contribution in [0.5, 0.6) is 5.75 Å². The van der Waals surface area contributed by atoms with Crippen molar-refractivity contribution in [2.75, 3.05) is 20.2 Å². The van der Waals surface area contributed by atoms with Gasteiger partial charge in [0.1, 0.15) is 5.75 Å². The van der Waals surface area contributed by atoms with E-state index in [4.69, 9.17) is 4.74 Å². The summed E-state index contributed by atoms with van der Waals surface area (Å²) in [5.74, 6) is 1.40. The fourth-order valence-electron chi connectivity index (χ4n) is 4.11. The van der Waals surface area contributed by atoms with E-state index >= 15 is 0 Å². The summed E-state index contributed by atoms with van der Waals surface area (Å²) in [5, 5.41) is 10.5. The first kappa shape index (κ1) is 15.8. The fourth-order valence-corrected chi connectivity index (χ4v) is 4.11. The third-order valence-electron chi connectivity index (χ3n) is 5.67. The normalized spacial score (nSPS) is 28.6. The van der Waals surface area contributed by atoms with Gasteiger partial charge >= 0.3 is 0 Å². The Kier molecular flexibility index (Phi) is 4.47. The van der Waals surface area contributed by atoms with Crippen LogP contribution in [0.25, 0.3) is 0 Å². The minimum Gasteiger partial charge on any atom is -0.496 e. The van der Waals surface area contributed by atoms with Gasteiger partial charge in [0.25, 0.3) is 0 Å². The molecule has 1 aromatic rings. The number of ether oxygens (including phenoxy) is 1. The van der Waals surface area contributed by atoms with Crippen LogP contribution in [0.1, 0.15) is 49.8 Å². The van der Waals surface area contributed by atoms with Crippen LogP contribution in [0.15, 0.2) is 12.1 Å². The summed E-state index contributed by atoms with van der Waals surface area (Å²) in [4.78, 5) is 2.48. The van der Waals surface area contributed by atoms with E-state index in [2.05, 4.69) is 24.0 Å². The third-order valence-corrected chi connectivity index (χ3v) is 5.67. The molecule has 0 saturated carbocycles. The number of benzene rings is 1. The molecule has 3 rings (SSSR count). The molecule has 3 nitrogen and oxygen atoms in total. The monoisotopic (exact) mass is 303 g/mol. The molecule has 3 heteroatoms. The number of rotatable bonds is 4. The van der Waals surface area contributed by atoms with E-state index in [-0.39, 0.29) is 0 Å². The Morgan fingerprint density at radius 2 is 2.05 bits per heavy atom. The average molecular weight is 303 g/mol. The molecule has 1 saturated heterocycles. The summed E-state index contributed by atoms with van der Waals surface area (Å²) in [6.45, 7) is 7.05. The Hall–Kier alpha value is -1.06. The lowest BCUT2D eigenvalue weighted by Gasteiger charge is -2.42. The molecule has 0 aromatic heterocycles. The molecule has 0 bridgehead atoms. The molecule has 1 N–H and O–H groups in total. The average Bonchev–Trinajstić information content (AvgIpc) is 2.95. The van der Waals surface area contributed by atoms with Crippen LogP contribution in [0.4, 0.5) is 0 Å². The Morgan fingerprint density at radius 3 is 2.73 bits per heavy atom. The second kappa shape index (κ2) is 6.21. The molecule has 1 heterocycles. The third kappa shape index (κ3) is 3.02. The fraction of sp³-hybridized carbons (Fsp3) is 0.684. The molecular formula is C19H29NO2. The first-order valence-electron chi connectivity index (χ1n) is 8.67. The molecule has 0 radical (unpaired) electrons. The molecule has 1 aromatic carbocycles. The number of aliphatic hydroxyl groups is 1. The SMILES string of the molecule is CC[C@@H]1CN(Cc2cc3c(cc2OC)CCC3)CC[C@]1(C)O. The van der Waals surface area contributed by atoms with Gasteiger partial charge in [0.2, 0.25) is 0 Å². The van der Waals surface area contributed by atoms with Gasteiger partial charge in [0.15, 0.2) is 0 Å². The topological polar surface area (TPSA) is 32.7 Å². The van der Waals surface area contributed by atoms with Crippen molar-refractivity contribution in [1.82, 2.24) is 4.90 Å². The van der Waals surface area contributed by atoms with E-state index in [1.54, 1.807) is 7.11 Å². The highest BCUT2D eigenvalue weighted by Crippen LogP contribution is 2.34. The summed E-state index contributed by atoms with van der Waals surface area (Å²) in [7, 11) is 1.77. The van der Waals surface area contributed by atoms with Gasteiger partial charge < -0.3 is 9.84 Å². The molecule has 1 aliphatic heterocycles. The zero-order valence-corrected chi connectivity index (χ0v) is 14.2. The summed E-state index contributed by atoms with van der Waals surface area (Å²) in [5.41, 5.74) is 3.77. The molecular weight excluding hydrogens is 274 g/mol. The zero-order chi connectivity index (χ0) is 15.7. The van der Waals surface area contributed by atoms with Crippen LogP contribution >= 0.6 is 0 Å². The van der Waals surface area contributed by atoms with Crippen molar-refractivity contribution >= 4 is 0 Å². The van der Waals surface area contributed by atoms with Gasteiger partial charge in [0.05, 0.1) is 12.7 Å². The lowest BCUT2D eigenvalue weighted by Crippen LogP contribution is -2.49. The zero-order valence-electron chi connectivity index (χ0n) is 14.2. The Morgan fingerprint density at radius 1 is 1.32 bits per heavy atom. The number of hydrogen-bond acceptors (Lipinski definition) is 3. The van der Waals surface area contributed by atoms with E-state index in [0.29, 0.717) is 5.92 Å². The minimum atomic E-state index is -0.507. The maximum atomic E-state index is 10.5. The van der Waals surface area contributed by atoms with Crippen LogP contribution in [0.3, 0.4) is 0 Å². The lowest BCUT2D eigenvalue weighted by atomic mass is 9.81. The molecule has 1 aliphatic carbocycles. The predicted octanol–water partition coefficient (Wildman–Crippen LogP) is 3.17. The van der Waals surface area contributed by atoms with Gasteiger partial charge in [-0.05, 0) is 62.1 Å². The number of fused-ring (bicyclic) bond motifs is 1. The lowest BCUT2D eigenvalue weighted by molar-refractivity contribution is -0.0609. The van der Waals surface area contributed by atoms with Crippen LogP contribution < -0.4 is 4.74 Å². The first-order valence-corrected chi connectivity index (χ1v) is 8.67. The minimum absolute atomic E-state index is 0.363. The second-order valence-electron chi connectivity index (χ2n) is 7.23. The molecule has 1 fully saturated rings. The highest BCUT2D eigenvalue weighted by molar-refractivity contribution is 5.44. The summed E-state index contributed by atoms with van der Waals surface area (Å²) >= 11 is 0. The number of hydrogen-bond donors (Lipinski definition) is 1. The Balaban J connectivity index is 1.76. The molecule has 2 aliphatic rings. The first-order chi connectivity index (χ1) is 10.5. The molecule has 0 unspecified atom stereocenters. The van der Waals surface area contributed by atoms with Gasteiger partial charge in [-0.1, -0.05) is 13.0 Å². The van der Waals surface area contributed by atoms with Crippen molar-refractivity contribution in [3.05, 3.63) is 28.8 Å². The highest BCUT2D eigenvalue weighted by Gasteiger charge is 2.36. The van der Waals surface area contributed by atoms with Crippen molar-refractivity contribution in [2.45, 2.75) is 58.1 Å². The van der Waals surface area contributed by atoms with Gasteiger partial charge in [-0.3, -0.25) is 4.90 Å². The predicted molar refractivity (Wildman–Crippen MR) is 89.3 cm³/mol.